The lowest BCUT2D eigenvalue weighted by Gasteiger charge is -2.23. The van der Waals surface area contributed by atoms with Crippen molar-refractivity contribution in [2.45, 2.75) is 33.4 Å². The molecule has 154 valence electrons. The molecule has 0 unspecified atom stereocenters. The van der Waals surface area contributed by atoms with Gasteiger partial charge in [-0.25, -0.2) is 4.99 Å². The lowest BCUT2D eigenvalue weighted by Crippen LogP contribution is -2.39. The van der Waals surface area contributed by atoms with E-state index in [-0.39, 0.29) is 0 Å². The van der Waals surface area contributed by atoms with Crippen LogP contribution in [0.4, 0.5) is 0 Å². The monoisotopic (exact) mass is 388 g/mol. The van der Waals surface area contributed by atoms with Gasteiger partial charge in [0.05, 0.1) is 7.11 Å². The number of rotatable bonds is 10. The second kappa shape index (κ2) is 11.3. The van der Waals surface area contributed by atoms with Gasteiger partial charge in [0.25, 0.3) is 0 Å². The van der Waals surface area contributed by atoms with Crippen LogP contribution in [0.15, 0.2) is 29.3 Å². The van der Waals surface area contributed by atoms with Crippen molar-refractivity contribution in [3.8, 4) is 5.75 Å². The Morgan fingerprint density at radius 2 is 2.00 bits per heavy atom. The van der Waals surface area contributed by atoms with Crippen LogP contribution in [0.3, 0.4) is 0 Å². The highest BCUT2D eigenvalue weighted by atomic mass is 16.5. The lowest BCUT2D eigenvalue weighted by atomic mass is 10.2. The molecule has 2 rings (SSSR count). The molecule has 0 atom stereocenters. The minimum absolute atomic E-state index is 0.470. The van der Waals surface area contributed by atoms with E-state index in [1.165, 1.54) is 5.56 Å². The van der Waals surface area contributed by atoms with Gasteiger partial charge >= 0.3 is 0 Å². The summed E-state index contributed by atoms with van der Waals surface area (Å²) in [7, 11) is 5.66. The molecule has 28 heavy (non-hydrogen) atoms. The first kappa shape index (κ1) is 21.7. The number of ether oxygens (including phenoxy) is 2. The Hall–Kier alpha value is -2.61. The van der Waals surface area contributed by atoms with Gasteiger partial charge in [-0.2, -0.15) is 0 Å². The Balaban J connectivity index is 2.04. The van der Waals surface area contributed by atoms with Crippen LogP contribution in [0.2, 0.25) is 0 Å². The Morgan fingerprint density at radius 3 is 2.61 bits per heavy atom. The van der Waals surface area contributed by atoms with E-state index in [0.717, 1.165) is 56.1 Å². The first-order valence-corrected chi connectivity index (χ1v) is 9.60. The largest absolute Gasteiger partial charge is 0.497 e. The summed E-state index contributed by atoms with van der Waals surface area (Å²) in [5.41, 5.74) is 1.18. The van der Waals surface area contributed by atoms with E-state index in [9.17, 15) is 0 Å². The number of nitrogens with zero attached hydrogens (tertiary/aromatic N) is 5. The number of guanidine groups is 1. The van der Waals surface area contributed by atoms with Gasteiger partial charge in [-0.1, -0.05) is 12.1 Å². The van der Waals surface area contributed by atoms with Crippen LogP contribution in [0.5, 0.6) is 5.75 Å². The fraction of sp³-hybridized carbons (Fsp3) is 0.550. The van der Waals surface area contributed by atoms with Crippen LogP contribution < -0.4 is 10.1 Å². The number of nitrogens with one attached hydrogen (secondary N) is 1. The topological polar surface area (TPSA) is 76.8 Å². The van der Waals surface area contributed by atoms with E-state index in [0.29, 0.717) is 6.54 Å². The Kier molecular flexibility index (Phi) is 8.74. The number of methoxy groups -OCH3 is 1. The molecule has 0 aliphatic rings. The summed E-state index contributed by atoms with van der Waals surface area (Å²) in [6.07, 6.45) is 0.923. The standard InChI is InChI=1S/C20H32N6O2/c1-6-28-13-7-12-21-20(22-14-19-24-23-16(2)26(19)4)25(3)15-17-8-10-18(27-5)11-9-17/h8-11H,6-7,12-15H2,1-5H3,(H,21,22). The molecule has 0 spiro atoms. The van der Waals surface area contributed by atoms with Crippen molar-refractivity contribution in [3.63, 3.8) is 0 Å². The van der Waals surface area contributed by atoms with Gasteiger partial charge in [0, 0.05) is 40.4 Å². The SMILES string of the molecule is CCOCCCNC(=NCc1nnc(C)n1C)N(C)Cc1ccc(OC)cc1. The summed E-state index contributed by atoms with van der Waals surface area (Å²) in [5.74, 6) is 3.40. The molecule has 1 N–H and O–H groups in total. The van der Waals surface area contributed by atoms with Crippen LogP contribution in [0.25, 0.3) is 0 Å². The van der Waals surface area contributed by atoms with Crippen molar-refractivity contribution >= 4 is 5.96 Å². The maximum Gasteiger partial charge on any atom is 0.194 e. The Morgan fingerprint density at radius 1 is 1.25 bits per heavy atom. The molecule has 2 aromatic rings. The zero-order valence-electron chi connectivity index (χ0n) is 17.6. The molecule has 0 saturated carbocycles. The quantitative estimate of drug-likeness (QED) is 0.382. The predicted octanol–water partition coefficient (Wildman–Crippen LogP) is 2.14. The van der Waals surface area contributed by atoms with Gasteiger partial charge in [-0.3, -0.25) is 0 Å². The molecule has 0 aliphatic carbocycles. The molecule has 0 amide bonds. The van der Waals surface area contributed by atoms with Gasteiger partial charge in [0.15, 0.2) is 11.8 Å². The van der Waals surface area contributed by atoms with Crippen LogP contribution in [0, 0.1) is 6.92 Å². The number of aromatic nitrogens is 3. The van der Waals surface area contributed by atoms with E-state index in [1.54, 1.807) is 7.11 Å². The van der Waals surface area contributed by atoms with E-state index < -0.39 is 0 Å². The van der Waals surface area contributed by atoms with Gasteiger partial charge in [-0.05, 0) is 38.0 Å². The molecule has 8 heteroatoms. The van der Waals surface area contributed by atoms with E-state index >= 15 is 0 Å². The molecule has 0 fully saturated rings. The molecule has 0 aliphatic heterocycles. The highest BCUT2D eigenvalue weighted by molar-refractivity contribution is 5.79. The second-order valence-corrected chi connectivity index (χ2v) is 6.54. The van der Waals surface area contributed by atoms with Crippen LogP contribution >= 0.6 is 0 Å². The van der Waals surface area contributed by atoms with Crippen molar-refractivity contribution in [3.05, 3.63) is 41.5 Å². The second-order valence-electron chi connectivity index (χ2n) is 6.54. The van der Waals surface area contributed by atoms with Crippen molar-refractivity contribution in [1.82, 2.24) is 25.0 Å². The van der Waals surface area contributed by atoms with Gasteiger partial charge in [0.2, 0.25) is 0 Å². The maximum atomic E-state index is 5.41. The molecular formula is C20H32N6O2. The third-order valence-electron chi connectivity index (χ3n) is 4.45. The molecule has 1 heterocycles. The number of benzene rings is 1. The third kappa shape index (κ3) is 6.53. The third-order valence-corrected chi connectivity index (χ3v) is 4.45. The fourth-order valence-corrected chi connectivity index (χ4v) is 2.64. The van der Waals surface area contributed by atoms with Gasteiger partial charge in [0.1, 0.15) is 18.1 Å². The first-order chi connectivity index (χ1) is 13.5. The highest BCUT2D eigenvalue weighted by Gasteiger charge is 2.10. The smallest absolute Gasteiger partial charge is 0.194 e. The Bertz CT molecular complexity index is 742. The van der Waals surface area contributed by atoms with Gasteiger partial charge in [-0.15, -0.1) is 10.2 Å². The minimum atomic E-state index is 0.470. The fourth-order valence-electron chi connectivity index (χ4n) is 2.64. The van der Waals surface area contributed by atoms with Gasteiger partial charge < -0.3 is 24.3 Å². The van der Waals surface area contributed by atoms with Crippen LogP contribution in [-0.2, 0) is 24.9 Å². The van der Waals surface area contributed by atoms with Crippen LogP contribution in [-0.4, -0.2) is 59.5 Å². The predicted molar refractivity (Wildman–Crippen MR) is 110 cm³/mol. The molecule has 0 radical (unpaired) electrons. The summed E-state index contributed by atoms with van der Waals surface area (Å²) in [4.78, 5) is 6.86. The summed E-state index contributed by atoms with van der Waals surface area (Å²) >= 11 is 0. The zero-order valence-corrected chi connectivity index (χ0v) is 17.6. The molecule has 0 saturated heterocycles. The minimum Gasteiger partial charge on any atom is -0.497 e. The average Bonchev–Trinajstić information content (AvgIpc) is 3.02. The summed E-state index contributed by atoms with van der Waals surface area (Å²) in [5, 5.41) is 11.7. The normalized spacial score (nSPS) is 11.5. The molecule has 1 aromatic carbocycles. The lowest BCUT2D eigenvalue weighted by molar-refractivity contribution is 0.145. The number of hydrogen-bond donors (Lipinski definition) is 1. The first-order valence-electron chi connectivity index (χ1n) is 9.60. The van der Waals surface area contributed by atoms with Crippen molar-refractivity contribution < 1.29 is 9.47 Å². The molecule has 1 aromatic heterocycles. The Labute approximate surface area is 167 Å². The highest BCUT2D eigenvalue weighted by Crippen LogP contribution is 2.12. The number of hydrogen-bond acceptors (Lipinski definition) is 5. The maximum absolute atomic E-state index is 5.41. The van der Waals surface area contributed by atoms with E-state index in [2.05, 4.69) is 32.5 Å². The number of aryl methyl sites for hydroxylation is 1. The molecular weight excluding hydrogens is 356 g/mol. The van der Waals surface area contributed by atoms with Crippen molar-refractivity contribution in [2.24, 2.45) is 12.0 Å². The van der Waals surface area contributed by atoms with Crippen LogP contribution in [0.1, 0.15) is 30.6 Å². The summed E-state index contributed by atoms with van der Waals surface area (Å²) in [6, 6.07) is 8.07. The van der Waals surface area contributed by atoms with Crippen molar-refractivity contribution in [1.29, 1.82) is 0 Å². The summed E-state index contributed by atoms with van der Waals surface area (Å²) < 4.78 is 12.6. The average molecular weight is 389 g/mol. The van der Waals surface area contributed by atoms with E-state index in [1.807, 2.05) is 44.6 Å². The zero-order chi connectivity index (χ0) is 20.4. The van der Waals surface area contributed by atoms with E-state index in [4.69, 9.17) is 14.5 Å². The summed E-state index contributed by atoms with van der Waals surface area (Å²) in [6.45, 7) is 7.42. The van der Waals surface area contributed by atoms with Crippen molar-refractivity contribution in [2.75, 3.05) is 33.9 Å². The molecule has 8 nitrogen and oxygen atoms in total. The molecule has 0 bridgehead atoms. The number of aliphatic imine (C=N–C) groups is 1.